The number of nitrogens with zero attached hydrogens (tertiary/aromatic N) is 4. The maximum atomic E-state index is 14.3. The molecule has 1 fully saturated rings. The topological polar surface area (TPSA) is 249 Å². The van der Waals surface area contributed by atoms with Gasteiger partial charge in [-0.05, 0) is 69.0 Å². The number of likely N-dealkylation sites (tertiary alicyclic amines) is 1. The van der Waals surface area contributed by atoms with Gasteiger partial charge in [0.15, 0.2) is 0 Å². The van der Waals surface area contributed by atoms with Crippen molar-refractivity contribution in [3.63, 3.8) is 0 Å². The lowest BCUT2D eigenvalue weighted by Gasteiger charge is -2.41. The average Bonchev–Trinajstić information content (AvgIpc) is 3.94. The molecule has 72 heavy (non-hydrogen) atoms. The molecule has 0 radical (unpaired) electrons. The highest BCUT2D eigenvalue weighted by Gasteiger charge is 2.43. The van der Waals surface area contributed by atoms with Crippen LogP contribution in [-0.2, 0) is 67.3 Å². The number of rotatable bonds is 32. The largest absolute Gasteiger partial charge is 0.379 e. The fourth-order valence-electron chi connectivity index (χ4n) is 9.15. The van der Waals surface area contributed by atoms with E-state index in [9.17, 15) is 42.0 Å². The number of imide groups is 1. The Labute approximate surface area is 426 Å². The monoisotopic (exact) mass is 1040 g/mol. The molecule has 7 amide bonds. The van der Waals surface area contributed by atoms with Crippen LogP contribution < -0.4 is 15.4 Å². The lowest BCUT2D eigenvalue weighted by atomic mass is 9.89. The number of benzene rings is 1. The zero-order valence-electron chi connectivity index (χ0n) is 44.3. The molecule has 0 aromatic heterocycles. The molecule has 1 aromatic rings. The van der Waals surface area contributed by atoms with Gasteiger partial charge in [-0.15, -0.1) is 0 Å². The number of nitrogens with one attached hydrogen (secondary N) is 3. The summed E-state index contributed by atoms with van der Waals surface area (Å²) >= 11 is 0. The van der Waals surface area contributed by atoms with E-state index in [-0.39, 0.29) is 117 Å². The van der Waals surface area contributed by atoms with E-state index in [1.807, 2.05) is 60.5 Å². The Morgan fingerprint density at radius 1 is 0.792 bits per heavy atom. The van der Waals surface area contributed by atoms with E-state index in [0.29, 0.717) is 31.5 Å². The van der Waals surface area contributed by atoms with Crippen molar-refractivity contribution in [3.8, 4) is 0 Å². The molecule has 22 heteroatoms. The summed E-state index contributed by atoms with van der Waals surface area (Å²) in [4.78, 5) is 97.3. The Hall–Kier alpha value is -4.84. The smallest absolute Gasteiger partial charge is 0.264 e. The maximum absolute atomic E-state index is 14.3. The maximum Gasteiger partial charge on any atom is 0.264 e. The van der Waals surface area contributed by atoms with Crippen LogP contribution >= 0.6 is 0 Å². The predicted molar refractivity (Wildman–Crippen MR) is 269 cm³/mol. The number of hydrogen-bond acceptors (Lipinski definition) is 15. The highest BCUT2D eigenvalue weighted by Crippen LogP contribution is 2.30. The molecule has 3 rings (SSSR count). The van der Waals surface area contributed by atoms with Crippen LogP contribution in [0.25, 0.3) is 0 Å². The van der Waals surface area contributed by atoms with Crippen molar-refractivity contribution >= 4 is 57.1 Å². The highest BCUT2D eigenvalue weighted by molar-refractivity contribution is 7.90. The number of methoxy groups -OCH3 is 2. The van der Waals surface area contributed by atoms with Gasteiger partial charge >= 0.3 is 0 Å². The molecular formula is C50H81N7O14S. The minimum atomic E-state index is -4.36. The van der Waals surface area contributed by atoms with Crippen molar-refractivity contribution in [1.82, 2.24) is 29.6 Å². The number of sulfonamides is 1. The summed E-state index contributed by atoms with van der Waals surface area (Å²) in [5, 5.41) is 5.69. The molecule has 1 aromatic carbocycles. The van der Waals surface area contributed by atoms with Gasteiger partial charge in [0.25, 0.3) is 21.8 Å². The molecule has 3 N–H and O–H groups in total. The van der Waals surface area contributed by atoms with Crippen LogP contribution in [0.4, 0.5) is 5.69 Å². The third-order valence-electron chi connectivity index (χ3n) is 13.2. The van der Waals surface area contributed by atoms with Crippen molar-refractivity contribution in [2.45, 2.75) is 122 Å². The first-order chi connectivity index (χ1) is 34.0. The van der Waals surface area contributed by atoms with Crippen LogP contribution in [-0.4, -0.2) is 194 Å². The molecular weight excluding hydrogens is 955 g/mol. The molecule has 0 aliphatic carbocycles. The molecule has 8 atom stereocenters. The summed E-state index contributed by atoms with van der Waals surface area (Å²) in [5.41, 5.74) is 0.329. The summed E-state index contributed by atoms with van der Waals surface area (Å²) in [6.07, 6.45) is 2.54. The van der Waals surface area contributed by atoms with Gasteiger partial charge in [-0.2, -0.15) is 0 Å². The number of hydrogen-bond donors (Lipinski definition) is 3. The quantitative estimate of drug-likeness (QED) is 0.0693. The van der Waals surface area contributed by atoms with E-state index >= 15 is 0 Å². The first-order valence-corrected chi connectivity index (χ1v) is 26.3. The van der Waals surface area contributed by atoms with Gasteiger partial charge in [0.2, 0.25) is 29.5 Å². The fourth-order valence-corrected chi connectivity index (χ4v) is 10.2. The lowest BCUT2D eigenvalue weighted by Crippen LogP contribution is -2.59. The van der Waals surface area contributed by atoms with Crippen LogP contribution in [0.2, 0.25) is 0 Å². The zero-order valence-corrected chi connectivity index (χ0v) is 45.2. The molecule has 1 unspecified atom stereocenters. The summed E-state index contributed by atoms with van der Waals surface area (Å²) in [6.45, 7) is 15.0. The van der Waals surface area contributed by atoms with Crippen molar-refractivity contribution in [2.24, 2.45) is 23.7 Å². The second kappa shape index (κ2) is 29.8. The van der Waals surface area contributed by atoms with Gasteiger partial charge in [-0.25, -0.2) is 13.1 Å². The number of ether oxygens (including phenoxy) is 5. The average molecular weight is 1040 g/mol. The highest BCUT2D eigenvalue weighted by atomic mass is 32.2. The van der Waals surface area contributed by atoms with Gasteiger partial charge < -0.3 is 44.1 Å². The normalized spacial score (nSPS) is 18.0. The molecule has 0 saturated carbocycles. The van der Waals surface area contributed by atoms with Gasteiger partial charge in [-0.3, -0.25) is 43.4 Å². The second-order valence-electron chi connectivity index (χ2n) is 19.3. The van der Waals surface area contributed by atoms with E-state index in [1.165, 1.54) is 50.6 Å². The molecule has 2 heterocycles. The van der Waals surface area contributed by atoms with Crippen LogP contribution in [0.1, 0.15) is 80.6 Å². The minimum Gasteiger partial charge on any atom is -0.379 e. The molecule has 0 spiro atoms. The first-order valence-electron chi connectivity index (χ1n) is 24.8. The van der Waals surface area contributed by atoms with Gasteiger partial charge in [0, 0.05) is 45.7 Å². The van der Waals surface area contributed by atoms with E-state index < -0.39 is 58.2 Å². The van der Waals surface area contributed by atoms with Crippen LogP contribution in [0.15, 0.2) is 41.3 Å². The zero-order chi connectivity index (χ0) is 53.9. The fraction of sp³-hybridized carbons (Fsp3) is 0.700. The number of amides is 7. The Balaban J connectivity index is 1.54. The van der Waals surface area contributed by atoms with Crippen molar-refractivity contribution < 1.29 is 65.7 Å². The molecule has 2 aliphatic heterocycles. The van der Waals surface area contributed by atoms with E-state index in [1.54, 1.807) is 23.8 Å². The van der Waals surface area contributed by atoms with Crippen molar-refractivity contribution in [1.29, 1.82) is 0 Å². The molecule has 406 valence electrons. The third kappa shape index (κ3) is 17.7. The SMILES string of the molecule is CC[C@H](C)C([C@@H](CC(=O)N1CCC[C@H]1[C@H](OC)[C@@H](C)C(=O)NS(=O)(=O)c1ccc(NC(=O)CCOCCOCCOCCN2C(=O)C=CC2=O)cc1)OC)N(C)C(=O)[C@@H](NC(=O)[C@H](C(C)C)N(C)C)C(C)C. The Bertz CT molecular complexity index is 2080. The Morgan fingerprint density at radius 3 is 1.90 bits per heavy atom. The molecule has 1 saturated heterocycles. The minimum absolute atomic E-state index is 0.00183. The van der Waals surface area contributed by atoms with Gasteiger partial charge in [-0.1, -0.05) is 54.9 Å². The number of likely N-dealkylation sites (N-methyl/N-ethyl adjacent to an activating group) is 2. The number of carbonyl (C=O) groups excluding carboxylic acids is 7. The standard InChI is InChI=1S/C50H81N7O14S/c1-13-34(6)46(55(10)50(64)44(32(2)3)52-49(63)45(33(4)5)54(8)9)39(67-11)31-43(61)56-23-14-15-38(56)47(68-12)35(7)48(62)53-72(65,66)37-18-16-36(17-19-37)51-40(58)22-25-69-27-29-71-30-28-70-26-24-57-41(59)20-21-42(57)60/h16-21,32-35,38-39,44-47H,13-15,22-31H2,1-12H3,(H,51,58)(H,52,63)(H,53,62)/t34-,35+,38-,39+,44-,45-,46?,47+/m0/s1. The molecule has 21 nitrogen and oxygen atoms in total. The van der Waals surface area contributed by atoms with Crippen LogP contribution in [0, 0.1) is 23.7 Å². The summed E-state index contributed by atoms with van der Waals surface area (Å²) in [5.74, 6) is -4.09. The number of carbonyl (C=O) groups is 7. The lowest BCUT2D eigenvalue weighted by molar-refractivity contribution is -0.148. The van der Waals surface area contributed by atoms with Crippen molar-refractivity contribution in [3.05, 3.63) is 36.4 Å². The van der Waals surface area contributed by atoms with E-state index in [0.717, 1.165) is 4.90 Å². The van der Waals surface area contributed by atoms with Crippen molar-refractivity contribution in [2.75, 3.05) is 93.4 Å². The van der Waals surface area contributed by atoms with Gasteiger partial charge in [0.05, 0.1) is 100 Å². The third-order valence-corrected chi connectivity index (χ3v) is 14.6. The van der Waals surface area contributed by atoms with E-state index in [4.69, 9.17) is 23.7 Å². The number of anilines is 1. The van der Waals surface area contributed by atoms with Gasteiger partial charge in [0.1, 0.15) is 6.04 Å². The summed E-state index contributed by atoms with van der Waals surface area (Å²) < 4.78 is 57.1. The summed E-state index contributed by atoms with van der Waals surface area (Å²) in [6, 6.07) is 2.94. The predicted octanol–water partition coefficient (Wildman–Crippen LogP) is 2.44. The molecule has 0 bridgehead atoms. The second-order valence-corrected chi connectivity index (χ2v) is 20.9. The van der Waals surface area contributed by atoms with E-state index in [2.05, 4.69) is 15.4 Å². The summed E-state index contributed by atoms with van der Waals surface area (Å²) in [7, 11) is 3.89. The first kappa shape index (κ1) is 61.5. The Morgan fingerprint density at radius 2 is 1.38 bits per heavy atom. The Kier molecular flexibility index (Phi) is 25.4. The van der Waals surface area contributed by atoms with Crippen LogP contribution in [0.5, 0.6) is 0 Å². The molecule has 2 aliphatic rings. The van der Waals surface area contributed by atoms with Crippen LogP contribution in [0.3, 0.4) is 0 Å².